The largest absolute Gasteiger partial charge is 0.394 e. The van der Waals surface area contributed by atoms with Crippen molar-refractivity contribution in [3.8, 4) is 0 Å². The minimum atomic E-state index is 0.573. The Kier molecular flexibility index (Phi) is 2.89. The van der Waals surface area contributed by atoms with Crippen LogP contribution in [0.4, 0.5) is 11.6 Å². The molecule has 2 aromatic heterocycles. The van der Waals surface area contributed by atoms with Crippen LogP contribution in [0.2, 0.25) is 0 Å². The zero-order chi connectivity index (χ0) is 11.5. The molecule has 0 atom stereocenters. The number of rotatable bonds is 4. The van der Waals surface area contributed by atoms with Gasteiger partial charge in [0.25, 0.3) is 0 Å². The number of nitrogens with one attached hydrogen (secondary N) is 1. The van der Waals surface area contributed by atoms with Crippen molar-refractivity contribution in [1.29, 1.82) is 0 Å². The third kappa shape index (κ3) is 1.91. The average Bonchev–Trinajstić information content (AvgIpc) is 2.61. The van der Waals surface area contributed by atoms with Crippen LogP contribution >= 0.6 is 0 Å². The van der Waals surface area contributed by atoms with Gasteiger partial charge in [-0.3, -0.25) is 0 Å². The number of aryl methyl sites for hydroxylation is 1. The Bertz CT molecular complexity index is 489. The topological polar surface area (TPSA) is 81.1 Å². The molecule has 0 aliphatic heterocycles. The van der Waals surface area contributed by atoms with Gasteiger partial charge in [0.15, 0.2) is 5.65 Å². The van der Waals surface area contributed by atoms with Gasteiger partial charge in [0.05, 0.1) is 11.9 Å². The zero-order valence-corrected chi connectivity index (χ0v) is 9.56. The lowest BCUT2D eigenvalue weighted by Gasteiger charge is -2.07. The van der Waals surface area contributed by atoms with Crippen LogP contribution in [0.1, 0.15) is 25.6 Å². The van der Waals surface area contributed by atoms with E-state index < -0.39 is 0 Å². The number of unbranched alkanes of at least 4 members (excludes halogenated alkanes) is 1. The summed E-state index contributed by atoms with van der Waals surface area (Å²) in [5.74, 6) is 1.39. The molecule has 3 N–H and O–H groups in total. The highest BCUT2D eigenvalue weighted by Gasteiger charge is 2.08. The number of nitrogens with two attached hydrogens (primary N) is 1. The molecule has 0 aromatic carbocycles. The van der Waals surface area contributed by atoms with Gasteiger partial charge >= 0.3 is 0 Å². The van der Waals surface area contributed by atoms with Crippen LogP contribution in [0.25, 0.3) is 5.65 Å². The molecule has 16 heavy (non-hydrogen) atoms. The van der Waals surface area contributed by atoms with Gasteiger partial charge in [0.2, 0.25) is 5.95 Å². The van der Waals surface area contributed by atoms with Crippen LogP contribution in [0.3, 0.4) is 0 Å². The normalized spacial score (nSPS) is 10.9. The summed E-state index contributed by atoms with van der Waals surface area (Å²) in [6.07, 6.45) is 3.83. The Morgan fingerprint density at radius 3 is 3.00 bits per heavy atom. The molecular weight excluding hydrogens is 204 g/mol. The maximum Gasteiger partial charge on any atom is 0.227 e. The standard InChI is InChI=1S/C10H16N6/c1-3-4-5-12-10-15-7(2)14-9-8(11)6-13-16(9)10/h6H,3-5,11H2,1-2H3,(H,12,14,15). The minimum absolute atomic E-state index is 0.573. The lowest BCUT2D eigenvalue weighted by atomic mass is 10.3. The number of anilines is 2. The molecule has 0 bridgehead atoms. The maximum absolute atomic E-state index is 5.77. The van der Waals surface area contributed by atoms with E-state index in [1.165, 1.54) is 0 Å². The van der Waals surface area contributed by atoms with Crippen LogP contribution in [0.5, 0.6) is 0 Å². The van der Waals surface area contributed by atoms with Crippen molar-refractivity contribution in [2.24, 2.45) is 0 Å². The fraction of sp³-hybridized carbons (Fsp3) is 0.500. The van der Waals surface area contributed by atoms with Crippen LogP contribution in [0, 0.1) is 6.92 Å². The maximum atomic E-state index is 5.77. The number of hydrogen-bond acceptors (Lipinski definition) is 5. The highest BCUT2D eigenvalue weighted by atomic mass is 15.4. The van der Waals surface area contributed by atoms with Crippen molar-refractivity contribution in [3.05, 3.63) is 12.0 Å². The number of nitrogen functional groups attached to an aromatic ring is 1. The quantitative estimate of drug-likeness (QED) is 0.757. The molecule has 0 aliphatic rings. The number of aromatic nitrogens is 4. The predicted octanol–water partition coefficient (Wildman–Crippen LogP) is 1.23. The van der Waals surface area contributed by atoms with E-state index in [4.69, 9.17) is 5.73 Å². The first kappa shape index (κ1) is 10.7. The zero-order valence-electron chi connectivity index (χ0n) is 9.56. The van der Waals surface area contributed by atoms with Crippen LogP contribution in [0.15, 0.2) is 6.20 Å². The third-order valence-corrected chi connectivity index (χ3v) is 2.32. The molecule has 2 heterocycles. The Morgan fingerprint density at radius 2 is 2.25 bits per heavy atom. The fourth-order valence-corrected chi connectivity index (χ4v) is 1.49. The second kappa shape index (κ2) is 4.34. The molecule has 2 rings (SSSR count). The van der Waals surface area contributed by atoms with Gasteiger partial charge in [-0.1, -0.05) is 13.3 Å². The van der Waals surface area contributed by atoms with E-state index in [1.54, 1.807) is 10.7 Å². The first-order valence-corrected chi connectivity index (χ1v) is 5.44. The lowest BCUT2D eigenvalue weighted by Crippen LogP contribution is -2.10. The molecule has 0 fully saturated rings. The molecule has 2 aromatic rings. The Hall–Kier alpha value is -1.85. The second-order valence-corrected chi connectivity index (χ2v) is 3.71. The van der Waals surface area contributed by atoms with Crippen molar-refractivity contribution in [2.75, 3.05) is 17.6 Å². The van der Waals surface area contributed by atoms with E-state index in [9.17, 15) is 0 Å². The molecule has 0 amide bonds. The summed E-state index contributed by atoms with van der Waals surface area (Å²) in [6.45, 7) is 4.87. The van der Waals surface area contributed by atoms with Crippen LogP contribution in [-0.4, -0.2) is 26.1 Å². The minimum Gasteiger partial charge on any atom is -0.394 e. The van der Waals surface area contributed by atoms with E-state index in [2.05, 4.69) is 27.3 Å². The smallest absolute Gasteiger partial charge is 0.227 e. The van der Waals surface area contributed by atoms with E-state index in [-0.39, 0.29) is 0 Å². The third-order valence-electron chi connectivity index (χ3n) is 2.32. The van der Waals surface area contributed by atoms with E-state index in [0.29, 0.717) is 23.1 Å². The highest BCUT2D eigenvalue weighted by molar-refractivity contribution is 5.64. The van der Waals surface area contributed by atoms with E-state index >= 15 is 0 Å². The Balaban J connectivity index is 2.35. The van der Waals surface area contributed by atoms with Gasteiger partial charge < -0.3 is 11.1 Å². The SMILES string of the molecule is CCCCNc1nc(C)nc2c(N)cnn12. The molecule has 6 nitrogen and oxygen atoms in total. The van der Waals surface area contributed by atoms with Gasteiger partial charge in [-0.2, -0.15) is 14.6 Å². The number of hydrogen-bond donors (Lipinski definition) is 2. The molecule has 0 saturated heterocycles. The summed E-state index contributed by atoms with van der Waals surface area (Å²) >= 11 is 0. The number of fused-ring (bicyclic) bond motifs is 1. The summed E-state index contributed by atoms with van der Waals surface area (Å²) in [5.41, 5.74) is 7.00. The van der Waals surface area contributed by atoms with Crippen molar-refractivity contribution in [2.45, 2.75) is 26.7 Å². The molecule has 0 saturated carbocycles. The van der Waals surface area contributed by atoms with Crippen molar-refractivity contribution >= 4 is 17.3 Å². The first-order valence-electron chi connectivity index (χ1n) is 5.44. The summed E-state index contributed by atoms with van der Waals surface area (Å²) in [6, 6.07) is 0. The van der Waals surface area contributed by atoms with Gasteiger partial charge in [0.1, 0.15) is 5.82 Å². The summed E-state index contributed by atoms with van der Waals surface area (Å²) in [5, 5.41) is 7.38. The van der Waals surface area contributed by atoms with Crippen LogP contribution < -0.4 is 11.1 Å². The Morgan fingerprint density at radius 1 is 1.44 bits per heavy atom. The fourth-order valence-electron chi connectivity index (χ4n) is 1.49. The molecule has 0 unspecified atom stereocenters. The molecule has 0 aliphatic carbocycles. The van der Waals surface area contributed by atoms with Gasteiger partial charge in [0, 0.05) is 6.54 Å². The Labute approximate surface area is 93.9 Å². The molecule has 86 valence electrons. The first-order chi connectivity index (χ1) is 7.72. The van der Waals surface area contributed by atoms with Crippen molar-refractivity contribution < 1.29 is 0 Å². The van der Waals surface area contributed by atoms with Crippen molar-refractivity contribution in [1.82, 2.24) is 19.6 Å². The molecule has 0 spiro atoms. The summed E-state index contributed by atoms with van der Waals surface area (Å²) in [7, 11) is 0. The summed E-state index contributed by atoms with van der Waals surface area (Å²) in [4.78, 5) is 8.56. The highest BCUT2D eigenvalue weighted by Crippen LogP contribution is 2.14. The van der Waals surface area contributed by atoms with Gasteiger partial charge in [-0.25, -0.2) is 4.98 Å². The summed E-state index contributed by atoms with van der Waals surface area (Å²) < 4.78 is 1.64. The number of nitrogens with zero attached hydrogens (tertiary/aromatic N) is 4. The molecule has 0 radical (unpaired) electrons. The predicted molar refractivity (Wildman–Crippen MR) is 63.3 cm³/mol. The molecule has 6 heteroatoms. The van der Waals surface area contributed by atoms with Gasteiger partial charge in [-0.15, -0.1) is 0 Å². The average molecular weight is 220 g/mol. The van der Waals surface area contributed by atoms with Gasteiger partial charge in [-0.05, 0) is 13.3 Å². The van der Waals surface area contributed by atoms with Crippen molar-refractivity contribution in [3.63, 3.8) is 0 Å². The van der Waals surface area contributed by atoms with E-state index in [1.807, 2.05) is 6.92 Å². The molecular formula is C10H16N6. The van der Waals surface area contributed by atoms with E-state index in [0.717, 1.165) is 19.4 Å². The second-order valence-electron chi connectivity index (χ2n) is 3.71. The van der Waals surface area contributed by atoms with Crippen LogP contribution in [-0.2, 0) is 0 Å². The monoisotopic (exact) mass is 220 g/mol. The lowest BCUT2D eigenvalue weighted by molar-refractivity contribution is 0.802.